The summed E-state index contributed by atoms with van der Waals surface area (Å²) in [6.07, 6.45) is 2.56. The van der Waals surface area contributed by atoms with Crippen molar-refractivity contribution in [3.8, 4) is 11.5 Å². The third kappa shape index (κ3) is 2.96. The summed E-state index contributed by atoms with van der Waals surface area (Å²) in [6, 6.07) is 4.79. The molecule has 1 aromatic rings. The lowest BCUT2D eigenvalue weighted by Crippen LogP contribution is -2.33. The molecule has 0 aromatic heterocycles. The van der Waals surface area contributed by atoms with Gasteiger partial charge >= 0.3 is 5.69 Å². The van der Waals surface area contributed by atoms with Gasteiger partial charge in [0.2, 0.25) is 11.5 Å². The lowest BCUT2D eigenvalue weighted by Gasteiger charge is -2.18. The molecule has 104 valence electrons. The highest BCUT2D eigenvalue weighted by atomic mass is 16.6. The number of nitrogens with two attached hydrogens (primary N) is 1. The van der Waals surface area contributed by atoms with Crippen molar-refractivity contribution in [2.24, 2.45) is 5.73 Å². The maximum atomic E-state index is 11.2. The monoisotopic (exact) mass is 266 g/mol. The van der Waals surface area contributed by atoms with Crippen LogP contribution in [0.25, 0.3) is 0 Å². The summed E-state index contributed by atoms with van der Waals surface area (Å²) in [5, 5.41) is 11.2. The Morgan fingerprint density at radius 1 is 1.42 bits per heavy atom. The quantitative estimate of drug-likeness (QED) is 0.652. The Bertz CT molecular complexity index is 464. The zero-order valence-corrected chi connectivity index (χ0v) is 10.9. The van der Waals surface area contributed by atoms with E-state index in [1.807, 2.05) is 0 Å². The summed E-state index contributed by atoms with van der Waals surface area (Å²) in [5.41, 5.74) is 5.80. The van der Waals surface area contributed by atoms with Gasteiger partial charge in [0.1, 0.15) is 6.10 Å². The Labute approximate surface area is 111 Å². The van der Waals surface area contributed by atoms with Gasteiger partial charge in [0, 0.05) is 6.04 Å². The van der Waals surface area contributed by atoms with Gasteiger partial charge in [-0.2, -0.15) is 0 Å². The van der Waals surface area contributed by atoms with E-state index in [9.17, 15) is 10.1 Å². The number of nitrogens with zero attached hydrogens (tertiary/aromatic N) is 1. The van der Waals surface area contributed by atoms with Gasteiger partial charge in [0.05, 0.1) is 11.5 Å². The Balaban J connectivity index is 2.28. The first-order valence-electron chi connectivity index (χ1n) is 6.46. The second-order valence-corrected chi connectivity index (χ2v) is 4.54. The van der Waals surface area contributed by atoms with Crippen LogP contribution in [0.15, 0.2) is 18.2 Å². The van der Waals surface area contributed by atoms with Crippen molar-refractivity contribution in [2.45, 2.75) is 38.3 Å². The maximum Gasteiger partial charge on any atom is 0.352 e. The normalized spacial score (nSPS) is 22.2. The Morgan fingerprint density at radius 2 is 2.16 bits per heavy atom. The number of ether oxygens (including phenoxy) is 2. The third-order valence-corrected chi connectivity index (χ3v) is 3.23. The molecule has 1 saturated carbocycles. The van der Waals surface area contributed by atoms with Crippen molar-refractivity contribution < 1.29 is 14.4 Å². The first kappa shape index (κ1) is 13.6. The molecule has 0 amide bonds. The molecule has 0 aliphatic heterocycles. The molecule has 6 heteroatoms. The van der Waals surface area contributed by atoms with E-state index in [2.05, 4.69) is 0 Å². The van der Waals surface area contributed by atoms with Gasteiger partial charge in [-0.15, -0.1) is 0 Å². The van der Waals surface area contributed by atoms with Crippen molar-refractivity contribution in [3.05, 3.63) is 28.3 Å². The number of rotatable bonds is 5. The third-order valence-electron chi connectivity index (χ3n) is 3.23. The SMILES string of the molecule is CCOc1cccc(OC2CCCC2N)c1[N+](=O)[O-]. The zero-order chi connectivity index (χ0) is 13.8. The standard InChI is InChI=1S/C13H18N2O4/c1-2-18-11-7-4-8-12(13(11)15(16)17)19-10-6-3-5-9(10)14/h4,7-10H,2-3,5-6,14H2,1H3. The molecule has 19 heavy (non-hydrogen) atoms. The fraction of sp³-hybridized carbons (Fsp3) is 0.538. The molecule has 0 radical (unpaired) electrons. The minimum Gasteiger partial charge on any atom is -0.487 e. The highest BCUT2D eigenvalue weighted by molar-refractivity contribution is 5.57. The molecule has 0 saturated heterocycles. The summed E-state index contributed by atoms with van der Waals surface area (Å²) in [6.45, 7) is 2.15. The van der Waals surface area contributed by atoms with Crippen LogP contribution in [0.4, 0.5) is 5.69 Å². The zero-order valence-electron chi connectivity index (χ0n) is 10.9. The van der Waals surface area contributed by atoms with Crippen LogP contribution in [0.1, 0.15) is 26.2 Å². The molecule has 1 aromatic carbocycles. The molecule has 1 aliphatic rings. The van der Waals surface area contributed by atoms with Crippen molar-refractivity contribution in [3.63, 3.8) is 0 Å². The average Bonchev–Trinajstić information content (AvgIpc) is 2.75. The van der Waals surface area contributed by atoms with Crippen molar-refractivity contribution in [1.29, 1.82) is 0 Å². The molecule has 0 bridgehead atoms. The van der Waals surface area contributed by atoms with E-state index >= 15 is 0 Å². The Morgan fingerprint density at radius 3 is 2.74 bits per heavy atom. The fourth-order valence-electron chi connectivity index (χ4n) is 2.31. The average molecular weight is 266 g/mol. The second kappa shape index (κ2) is 5.88. The molecule has 0 spiro atoms. The highest BCUT2D eigenvalue weighted by Crippen LogP contribution is 2.38. The summed E-state index contributed by atoms with van der Waals surface area (Å²) in [7, 11) is 0. The number of benzene rings is 1. The Kier molecular flexibility index (Phi) is 4.21. The van der Waals surface area contributed by atoms with Crippen LogP contribution in [-0.4, -0.2) is 23.7 Å². The predicted molar refractivity (Wildman–Crippen MR) is 70.5 cm³/mol. The molecule has 1 fully saturated rings. The second-order valence-electron chi connectivity index (χ2n) is 4.54. The smallest absolute Gasteiger partial charge is 0.352 e. The van der Waals surface area contributed by atoms with Gasteiger partial charge in [0.15, 0.2) is 0 Å². The van der Waals surface area contributed by atoms with E-state index in [1.165, 1.54) is 0 Å². The lowest BCUT2D eigenvalue weighted by molar-refractivity contribution is -0.387. The minimum absolute atomic E-state index is 0.0599. The van der Waals surface area contributed by atoms with Crippen molar-refractivity contribution in [2.75, 3.05) is 6.61 Å². The van der Waals surface area contributed by atoms with E-state index in [-0.39, 0.29) is 29.3 Å². The van der Waals surface area contributed by atoms with Crippen LogP contribution < -0.4 is 15.2 Å². The molecule has 2 rings (SSSR count). The molecule has 2 atom stereocenters. The lowest BCUT2D eigenvalue weighted by atomic mass is 10.2. The minimum atomic E-state index is -0.471. The molecule has 0 heterocycles. The van der Waals surface area contributed by atoms with Gasteiger partial charge in [0.25, 0.3) is 0 Å². The summed E-state index contributed by atoms with van der Waals surface area (Å²) in [4.78, 5) is 10.7. The molecule has 1 aliphatic carbocycles. The fourth-order valence-corrected chi connectivity index (χ4v) is 2.31. The van der Waals surface area contributed by atoms with Crippen LogP contribution >= 0.6 is 0 Å². The van der Waals surface area contributed by atoms with Crippen molar-refractivity contribution >= 4 is 5.69 Å². The van der Waals surface area contributed by atoms with Gasteiger partial charge in [-0.05, 0) is 38.3 Å². The van der Waals surface area contributed by atoms with E-state index in [0.29, 0.717) is 6.61 Å². The summed E-state index contributed by atoms with van der Waals surface area (Å²) in [5.74, 6) is 0.467. The van der Waals surface area contributed by atoms with E-state index in [4.69, 9.17) is 15.2 Å². The van der Waals surface area contributed by atoms with Crippen LogP contribution in [0.3, 0.4) is 0 Å². The first-order valence-corrected chi connectivity index (χ1v) is 6.46. The van der Waals surface area contributed by atoms with Crippen LogP contribution in [0.5, 0.6) is 11.5 Å². The number of nitro groups is 1. The largest absolute Gasteiger partial charge is 0.487 e. The number of para-hydroxylation sites is 1. The first-order chi connectivity index (χ1) is 9.13. The van der Waals surface area contributed by atoms with Crippen LogP contribution in [0.2, 0.25) is 0 Å². The Hall–Kier alpha value is -1.82. The van der Waals surface area contributed by atoms with Crippen LogP contribution in [-0.2, 0) is 0 Å². The molecular formula is C13H18N2O4. The summed E-state index contributed by atoms with van der Waals surface area (Å²) < 4.78 is 11.0. The summed E-state index contributed by atoms with van der Waals surface area (Å²) >= 11 is 0. The molecular weight excluding hydrogens is 248 g/mol. The van der Waals surface area contributed by atoms with Gasteiger partial charge < -0.3 is 15.2 Å². The van der Waals surface area contributed by atoms with E-state index in [0.717, 1.165) is 19.3 Å². The molecule has 2 unspecified atom stereocenters. The van der Waals surface area contributed by atoms with Crippen LogP contribution in [0, 0.1) is 10.1 Å². The topological polar surface area (TPSA) is 87.6 Å². The van der Waals surface area contributed by atoms with E-state index < -0.39 is 4.92 Å². The van der Waals surface area contributed by atoms with Crippen molar-refractivity contribution in [1.82, 2.24) is 0 Å². The molecule has 2 N–H and O–H groups in total. The van der Waals surface area contributed by atoms with E-state index in [1.54, 1.807) is 25.1 Å². The number of hydrogen-bond donors (Lipinski definition) is 1. The molecule has 6 nitrogen and oxygen atoms in total. The predicted octanol–water partition coefficient (Wildman–Crippen LogP) is 2.25. The number of hydrogen-bond acceptors (Lipinski definition) is 5. The highest BCUT2D eigenvalue weighted by Gasteiger charge is 2.30. The maximum absolute atomic E-state index is 11.2. The number of nitro benzene ring substituents is 1. The van der Waals surface area contributed by atoms with Gasteiger partial charge in [-0.3, -0.25) is 10.1 Å². The van der Waals surface area contributed by atoms with Gasteiger partial charge in [-0.1, -0.05) is 6.07 Å². The van der Waals surface area contributed by atoms with Gasteiger partial charge in [-0.25, -0.2) is 0 Å².